The second-order valence-electron chi connectivity index (χ2n) is 6.86. The van der Waals surface area contributed by atoms with E-state index in [0.29, 0.717) is 11.8 Å². The normalized spacial score (nSPS) is 17.0. The number of carbonyl (C=O) groups is 3. The number of thioether (sulfide) groups is 1. The zero-order valence-electron chi connectivity index (χ0n) is 16.4. The Balaban J connectivity index is 1.61. The molecule has 29 heavy (non-hydrogen) atoms. The van der Waals surface area contributed by atoms with Crippen LogP contribution in [-0.4, -0.2) is 36.2 Å². The predicted molar refractivity (Wildman–Crippen MR) is 115 cm³/mol. The van der Waals surface area contributed by atoms with Crippen LogP contribution in [0.2, 0.25) is 0 Å². The molecule has 3 rings (SSSR count). The zero-order chi connectivity index (χ0) is 20.8. The number of thiophene rings is 1. The minimum absolute atomic E-state index is 0.0170. The topological polar surface area (TPSA) is 75.7 Å². The van der Waals surface area contributed by atoms with Crippen molar-refractivity contribution in [3.63, 3.8) is 0 Å². The van der Waals surface area contributed by atoms with Gasteiger partial charge >= 0.3 is 5.97 Å². The van der Waals surface area contributed by atoms with E-state index in [1.54, 1.807) is 16.7 Å². The van der Waals surface area contributed by atoms with Crippen LogP contribution in [0.5, 0.6) is 0 Å². The monoisotopic (exact) mass is 432 g/mol. The molecule has 6 nitrogen and oxygen atoms in total. The summed E-state index contributed by atoms with van der Waals surface area (Å²) in [5.41, 5.74) is 0.859. The Labute approximate surface area is 178 Å². The number of nitrogens with zero attached hydrogens (tertiary/aromatic N) is 1. The molecule has 0 aliphatic carbocycles. The Hall–Kier alpha value is -2.32. The highest BCUT2D eigenvalue weighted by atomic mass is 32.2. The number of amides is 2. The van der Waals surface area contributed by atoms with Gasteiger partial charge in [0.1, 0.15) is 0 Å². The smallest absolute Gasteiger partial charge is 0.308 e. The molecule has 0 saturated carbocycles. The fourth-order valence-corrected chi connectivity index (χ4v) is 5.04. The van der Waals surface area contributed by atoms with Crippen molar-refractivity contribution in [3.8, 4) is 0 Å². The lowest BCUT2D eigenvalue weighted by Crippen LogP contribution is -2.36. The standard InChI is InChI=1S/C21H24N2O4S2/c1-14-9-10-23(17-6-3-4-7-19(17)29-14)20(25)13-27-21(26)12-16(22-15(2)24)18-8-5-11-28-18/h3-8,11,14,16H,9-10,12-13H2,1-2H3,(H,22,24). The fraction of sp³-hybridized carbons (Fsp3) is 0.381. The van der Waals surface area contributed by atoms with E-state index in [-0.39, 0.29) is 24.8 Å². The van der Waals surface area contributed by atoms with Crippen LogP contribution in [0.15, 0.2) is 46.7 Å². The van der Waals surface area contributed by atoms with E-state index in [1.165, 1.54) is 18.3 Å². The Morgan fingerprint density at radius 2 is 2.03 bits per heavy atom. The number of esters is 1. The first-order valence-corrected chi connectivity index (χ1v) is 11.2. The quantitative estimate of drug-likeness (QED) is 0.703. The molecule has 1 aliphatic rings. The van der Waals surface area contributed by atoms with E-state index >= 15 is 0 Å². The molecule has 1 aliphatic heterocycles. The Bertz CT molecular complexity index is 869. The molecule has 2 heterocycles. The van der Waals surface area contributed by atoms with Crippen molar-refractivity contribution in [2.24, 2.45) is 0 Å². The lowest BCUT2D eigenvalue weighted by atomic mass is 10.1. The van der Waals surface area contributed by atoms with Crippen LogP contribution in [0.4, 0.5) is 5.69 Å². The molecule has 2 atom stereocenters. The molecule has 154 valence electrons. The van der Waals surface area contributed by atoms with Crippen molar-refractivity contribution in [2.45, 2.75) is 42.9 Å². The van der Waals surface area contributed by atoms with E-state index in [1.807, 2.05) is 41.8 Å². The molecule has 1 aromatic heterocycles. The molecule has 1 aromatic carbocycles. The third kappa shape index (κ3) is 5.83. The van der Waals surface area contributed by atoms with Crippen LogP contribution in [0, 0.1) is 0 Å². The van der Waals surface area contributed by atoms with E-state index in [2.05, 4.69) is 12.2 Å². The maximum absolute atomic E-state index is 12.8. The van der Waals surface area contributed by atoms with Gasteiger partial charge in [0.2, 0.25) is 5.91 Å². The summed E-state index contributed by atoms with van der Waals surface area (Å²) in [7, 11) is 0. The Morgan fingerprint density at radius 1 is 1.24 bits per heavy atom. The summed E-state index contributed by atoms with van der Waals surface area (Å²) in [6, 6.07) is 11.1. The molecule has 0 radical (unpaired) electrons. The first-order chi connectivity index (χ1) is 13.9. The van der Waals surface area contributed by atoms with Crippen molar-refractivity contribution in [2.75, 3.05) is 18.1 Å². The van der Waals surface area contributed by atoms with E-state index in [4.69, 9.17) is 4.74 Å². The van der Waals surface area contributed by atoms with Gasteiger partial charge in [-0.2, -0.15) is 0 Å². The van der Waals surface area contributed by atoms with E-state index in [9.17, 15) is 14.4 Å². The summed E-state index contributed by atoms with van der Waals surface area (Å²) in [5, 5.41) is 5.05. The highest BCUT2D eigenvalue weighted by molar-refractivity contribution is 8.00. The van der Waals surface area contributed by atoms with Crippen molar-refractivity contribution >= 4 is 46.6 Å². The van der Waals surface area contributed by atoms with Crippen LogP contribution < -0.4 is 10.2 Å². The maximum atomic E-state index is 12.8. The minimum Gasteiger partial charge on any atom is -0.455 e. The van der Waals surface area contributed by atoms with Crippen molar-refractivity contribution < 1.29 is 19.1 Å². The summed E-state index contributed by atoms with van der Waals surface area (Å²) >= 11 is 3.21. The van der Waals surface area contributed by atoms with Crippen molar-refractivity contribution in [1.82, 2.24) is 5.32 Å². The van der Waals surface area contributed by atoms with Crippen molar-refractivity contribution in [3.05, 3.63) is 46.7 Å². The molecular weight excluding hydrogens is 408 g/mol. The molecule has 2 amide bonds. The number of hydrogen-bond acceptors (Lipinski definition) is 6. The molecule has 2 aromatic rings. The summed E-state index contributed by atoms with van der Waals surface area (Å²) < 4.78 is 5.27. The molecule has 2 unspecified atom stereocenters. The molecule has 0 spiro atoms. The van der Waals surface area contributed by atoms with Crippen LogP contribution in [0.3, 0.4) is 0 Å². The number of rotatable bonds is 6. The number of carbonyl (C=O) groups excluding carboxylic acids is 3. The largest absolute Gasteiger partial charge is 0.455 e. The molecule has 1 N–H and O–H groups in total. The van der Waals surface area contributed by atoms with Gasteiger partial charge in [-0.15, -0.1) is 23.1 Å². The van der Waals surface area contributed by atoms with Gasteiger partial charge in [-0.3, -0.25) is 14.4 Å². The first kappa shape index (κ1) is 21.4. The zero-order valence-corrected chi connectivity index (χ0v) is 18.1. The van der Waals surface area contributed by atoms with Gasteiger partial charge in [-0.05, 0) is 30.0 Å². The van der Waals surface area contributed by atoms with Gasteiger partial charge in [0.05, 0.1) is 18.2 Å². The SMILES string of the molecule is CC(=O)NC(CC(=O)OCC(=O)N1CCC(C)Sc2ccccc21)c1cccs1. The molecular formula is C21H24N2O4S2. The molecule has 0 bridgehead atoms. The van der Waals surface area contributed by atoms with Crippen LogP contribution in [-0.2, 0) is 19.1 Å². The van der Waals surface area contributed by atoms with Gasteiger partial charge in [-0.1, -0.05) is 25.1 Å². The number of nitrogens with one attached hydrogen (secondary N) is 1. The van der Waals surface area contributed by atoms with E-state index in [0.717, 1.165) is 21.9 Å². The van der Waals surface area contributed by atoms with E-state index < -0.39 is 12.0 Å². The Morgan fingerprint density at radius 3 is 2.76 bits per heavy atom. The Kier molecular flexibility index (Phi) is 7.33. The van der Waals surface area contributed by atoms with Gasteiger partial charge in [-0.25, -0.2) is 0 Å². The number of hydrogen-bond donors (Lipinski definition) is 1. The molecule has 0 fully saturated rings. The summed E-state index contributed by atoms with van der Waals surface area (Å²) in [4.78, 5) is 40.2. The van der Waals surface area contributed by atoms with Crippen LogP contribution in [0.25, 0.3) is 0 Å². The lowest BCUT2D eigenvalue weighted by Gasteiger charge is -2.22. The van der Waals surface area contributed by atoms with Gasteiger partial charge < -0.3 is 15.0 Å². The third-order valence-corrected chi connectivity index (χ3v) is 6.76. The predicted octanol–water partition coefficient (Wildman–Crippen LogP) is 3.78. The highest BCUT2D eigenvalue weighted by Crippen LogP contribution is 2.37. The number of anilines is 1. The number of ether oxygens (including phenoxy) is 1. The fourth-order valence-electron chi connectivity index (χ4n) is 3.15. The molecule has 0 saturated heterocycles. The van der Waals surface area contributed by atoms with Crippen LogP contribution in [0.1, 0.15) is 37.6 Å². The summed E-state index contributed by atoms with van der Waals surface area (Å²) in [5.74, 6) is -0.982. The minimum atomic E-state index is -0.517. The average molecular weight is 433 g/mol. The van der Waals surface area contributed by atoms with Gasteiger partial charge in [0.25, 0.3) is 5.91 Å². The highest BCUT2D eigenvalue weighted by Gasteiger charge is 2.25. The van der Waals surface area contributed by atoms with Gasteiger partial charge in [0, 0.05) is 28.5 Å². The van der Waals surface area contributed by atoms with Crippen molar-refractivity contribution in [1.29, 1.82) is 0 Å². The second kappa shape index (κ2) is 9.93. The average Bonchev–Trinajstić information content (AvgIpc) is 3.16. The second-order valence-corrected chi connectivity index (χ2v) is 9.32. The number of fused-ring (bicyclic) bond motifs is 1. The number of benzene rings is 1. The van der Waals surface area contributed by atoms with Gasteiger partial charge in [0.15, 0.2) is 6.61 Å². The van der Waals surface area contributed by atoms with Crippen LogP contribution >= 0.6 is 23.1 Å². The lowest BCUT2D eigenvalue weighted by molar-refractivity contribution is -0.148. The number of para-hydroxylation sites is 1. The summed E-state index contributed by atoms with van der Waals surface area (Å²) in [6.07, 6.45) is 0.846. The first-order valence-electron chi connectivity index (χ1n) is 9.46. The molecule has 8 heteroatoms. The summed E-state index contributed by atoms with van der Waals surface area (Å²) in [6.45, 7) is 3.82. The third-order valence-electron chi connectivity index (χ3n) is 4.54. The maximum Gasteiger partial charge on any atom is 0.308 e.